The third kappa shape index (κ3) is 2.98. The first kappa shape index (κ1) is 12.4. The number of hydrogen-bond donors (Lipinski definition) is 2. The van der Waals surface area contributed by atoms with Gasteiger partial charge in [-0.25, -0.2) is 0 Å². The Kier molecular flexibility index (Phi) is 4.26. The van der Waals surface area contributed by atoms with Gasteiger partial charge in [-0.2, -0.15) is 0 Å². The fourth-order valence-corrected chi connectivity index (χ4v) is 3.22. The summed E-state index contributed by atoms with van der Waals surface area (Å²) >= 11 is 0. The summed E-state index contributed by atoms with van der Waals surface area (Å²) in [5, 5.41) is 13.2. The SMILES string of the molecule is CC(CC1CCC1)NCC1(CO)CCCC1. The zero-order valence-electron chi connectivity index (χ0n) is 10.7. The molecule has 0 aliphatic heterocycles. The lowest BCUT2D eigenvalue weighted by molar-refractivity contribution is 0.122. The van der Waals surface area contributed by atoms with Gasteiger partial charge in [0.1, 0.15) is 0 Å². The molecule has 2 nitrogen and oxygen atoms in total. The molecule has 2 aliphatic carbocycles. The molecule has 0 amide bonds. The maximum absolute atomic E-state index is 9.53. The smallest absolute Gasteiger partial charge is 0.0499 e. The second-order valence-electron chi connectivity index (χ2n) is 6.18. The van der Waals surface area contributed by atoms with E-state index in [-0.39, 0.29) is 5.41 Å². The summed E-state index contributed by atoms with van der Waals surface area (Å²) in [4.78, 5) is 0. The van der Waals surface area contributed by atoms with Crippen LogP contribution in [0.3, 0.4) is 0 Å². The second-order valence-corrected chi connectivity index (χ2v) is 6.18. The molecule has 0 aromatic heterocycles. The van der Waals surface area contributed by atoms with E-state index < -0.39 is 0 Å². The molecule has 0 aromatic carbocycles. The molecule has 16 heavy (non-hydrogen) atoms. The standard InChI is InChI=1S/C14H27NO/c1-12(9-13-5-4-6-13)15-10-14(11-16)7-2-3-8-14/h12-13,15-16H,2-11H2,1H3. The molecule has 1 unspecified atom stereocenters. The molecule has 2 aliphatic rings. The molecule has 1 atom stereocenters. The molecule has 0 saturated heterocycles. The predicted octanol–water partition coefficient (Wildman–Crippen LogP) is 2.71. The van der Waals surface area contributed by atoms with Crippen molar-refractivity contribution in [3.05, 3.63) is 0 Å². The molecule has 94 valence electrons. The van der Waals surface area contributed by atoms with Gasteiger partial charge in [0.25, 0.3) is 0 Å². The van der Waals surface area contributed by atoms with Gasteiger partial charge >= 0.3 is 0 Å². The lowest BCUT2D eigenvalue weighted by atomic mass is 9.80. The van der Waals surface area contributed by atoms with E-state index in [4.69, 9.17) is 0 Å². The van der Waals surface area contributed by atoms with Crippen LogP contribution in [0.1, 0.15) is 58.3 Å². The first-order valence-corrected chi connectivity index (χ1v) is 7.08. The van der Waals surface area contributed by atoms with Gasteiger partial charge in [0.2, 0.25) is 0 Å². The highest BCUT2D eigenvalue weighted by Gasteiger charge is 2.33. The average Bonchev–Trinajstić information content (AvgIpc) is 2.70. The Hall–Kier alpha value is -0.0800. The fourth-order valence-electron chi connectivity index (χ4n) is 3.22. The van der Waals surface area contributed by atoms with E-state index >= 15 is 0 Å². The van der Waals surface area contributed by atoms with Crippen LogP contribution in [0, 0.1) is 11.3 Å². The monoisotopic (exact) mass is 225 g/mol. The Balaban J connectivity index is 1.68. The fraction of sp³-hybridized carbons (Fsp3) is 1.00. The molecule has 0 spiro atoms. The van der Waals surface area contributed by atoms with E-state index in [1.807, 2.05) is 0 Å². The summed E-state index contributed by atoms with van der Waals surface area (Å²) in [5.74, 6) is 0.983. The number of aliphatic hydroxyl groups is 1. The molecule has 2 N–H and O–H groups in total. The molecule has 0 bridgehead atoms. The Labute approximate surface area is 99.8 Å². The van der Waals surface area contributed by atoms with Gasteiger partial charge in [-0.3, -0.25) is 0 Å². The van der Waals surface area contributed by atoms with E-state index in [2.05, 4.69) is 12.2 Å². The van der Waals surface area contributed by atoms with Crippen LogP contribution in [0.15, 0.2) is 0 Å². The summed E-state index contributed by atoms with van der Waals surface area (Å²) < 4.78 is 0. The summed E-state index contributed by atoms with van der Waals surface area (Å²) in [5.41, 5.74) is 0.216. The largest absolute Gasteiger partial charge is 0.396 e. The zero-order valence-corrected chi connectivity index (χ0v) is 10.7. The van der Waals surface area contributed by atoms with Gasteiger partial charge in [-0.05, 0) is 32.1 Å². The highest BCUT2D eigenvalue weighted by molar-refractivity contribution is 4.87. The van der Waals surface area contributed by atoms with Gasteiger partial charge < -0.3 is 10.4 Å². The number of nitrogens with one attached hydrogen (secondary N) is 1. The first-order chi connectivity index (χ1) is 7.74. The van der Waals surface area contributed by atoms with Crippen molar-refractivity contribution in [1.29, 1.82) is 0 Å². The molecule has 0 heterocycles. The Morgan fingerprint density at radius 2 is 1.94 bits per heavy atom. The minimum absolute atomic E-state index is 0.216. The summed E-state index contributed by atoms with van der Waals surface area (Å²) in [6, 6.07) is 0.634. The number of aliphatic hydroxyl groups excluding tert-OH is 1. The van der Waals surface area contributed by atoms with Crippen LogP contribution < -0.4 is 5.32 Å². The van der Waals surface area contributed by atoms with E-state index in [0.717, 1.165) is 12.5 Å². The van der Waals surface area contributed by atoms with Crippen LogP contribution in [-0.2, 0) is 0 Å². The zero-order chi connectivity index (χ0) is 11.4. The van der Waals surface area contributed by atoms with Gasteiger partial charge in [0.15, 0.2) is 0 Å². The van der Waals surface area contributed by atoms with E-state index in [1.54, 1.807) is 0 Å². The van der Waals surface area contributed by atoms with Crippen molar-refractivity contribution in [3.8, 4) is 0 Å². The van der Waals surface area contributed by atoms with Crippen molar-refractivity contribution in [2.75, 3.05) is 13.2 Å². The van der Waals surface area contributed by atoms with Crippen molar-refractivity contribution >= 4 is 0 Å². The summed E-state index contributed by atoms with van der Waals surface area (Å²) in [6.45, 7) is 3.70. The van der Waals surface area contributed by atoms with Crippen molar-refractivity contribution in [2.24, 2.45) is 11.3 Å². The van der Waals surface area contributed by atoms with E-state index in [1.165, 1.54) is 51.4 Å². The molecular weight excluding hydrogens is 198 g/mol. The lowest BCUT2D eigenvalue weighted by Gasteiger charge is -2.32. The molecule has 0 radical (unpaired) electrons. The van der Waals surface area contributed by atoms with Crippen LogP contribution in [0.4, 0.5) is 0 Å². The molecule has 2 heteroatoms. The Morgan fingerprint density at radius 1 is 1.25 bits per heavy atom. The normalized spacial score (nSPS) is 26.6. The summed E-state index contributed by atoms with van der Waals surface area (Å²) in [7, 11) is 0. The maximum Gasteiger partial charge on any atom is 0.0499 e. The van der Waals surface area contributed by atoms with Gasteiger partial charge in [0, 0.05) is 24.6 Å². The topological polar surface area (TPSA) is 32.3 Å². The maximum atomic E-state index is 9.53. The quantitative estimate of drug-likeness (QED) is 0.728. The van der Waals surface area contributed by atoms with Gasteiger partial charge in [0.05, 0.1) is 0 Å². The van der Waals surface area contributed by atoms with Crippen molar-refractivity contribution in [3.63, 3.8) is 0 Å². The van der Waals surface area contributed by atoms with Crippen LogP contribution in [0.25, 0.3) is 0 Å². The molecule has 0 aromatic rings. The van der Waals surface area contributed by atoms with Gasteiger partial charge in [-0.15, -0.1) is 0 Å². The highest BCUT2D eigenvalue weighted by atomic mass is 16.3. The second kappa shape index (κ2) is 5.50. The Morgan fingerprint density at radius 3 is 2.44 bits per heavy atom. The lowest BCUT2D eigenvalue weighted by Crippen LogP contribution is -2.40. The molecule has 2 rings (SSSR count). The van der Waals surface area contributed by atoms with Crippen molar-refractivity contribution in [2.45, 2.75) is 64.3 Å². The Bertz CT molecular complexity index is 207. The van der Waals surface area contributed by atoms with E-state index in [9.17, 15) is 5.11 Å². The first-order valence-electron chi connectivity index (χ1n) is 7.08. The molecule has 2 saturated carbocycles. The van der Waals surface area contributed by atoms with Crippen molar-refractivity contribution in [1.82, 2.24) is 5.32 Å². The van der Waals surface area contributed by atoms with Crippen LogP contribution >= 0.6 is 0 Å². The highest BCUT2D eigenvalue weighted by Crippen LogP contribution is 2.37. The predicted molar refractivity (Wildman–Crippen MR) is 67.4 cm³/mol. The van der Waals surface area contributed by atoms with Gasteiger partial charge in [-0.1, -0.05) is 32.1 Å². The van der Waals surface area contributed by atoms with Crippen LogP contribution in [0.5, 0.6) is 0 Å². The molecular formula is C14H27NO. The number of rotatable bonds is 6. The average molecular weight is 225 g/mol. The summed E-state index contributed by atoms with van der Waals surface area (Å²) in [6.07, 6.45) is 10.7. The third-order valence-corrected chi connectivity index (χ3v) is 4.74. The molecule has 2 fully saturated rings. The van der Waals surface area contributed by atoms with E-state index in [0.29, 0.717) is 12.6 Å². The van der Waals surface area contributed by atoms with Crippen molar-refractivity contribution < 1.29 is 5.11 Å². The minimum Gasteiger partial charge on any atom is -0.396 e. The number of hydrogen-bond acceptors (Lipinski definition) is 2. The third-order valence-electron chi connectivity index (χ3n) is 4.74. The minimum atomic E-state index is 0.216. The van der Waals surface area contributed by atoms with Crippen LogP contribution in [-0.4, -0.2) is 24.3 Å². The van der Waals surface area contributed by atoms with Crippen LogP contribution in [0.2, 0.25) is 0 Å².